The maximum atomic E-state index is 12.4. The summed E-state index contributed by atoms with van der Waals surface area (Å²) >= 11 is 0. The van der Waals surface area contributed by atoms with Gasteiger partial charge in [0.1, 0.15) is 5.69 Å². The Morgan fingerprint density at radius 1 is 1.25 bits per heavy atom. The smallest absolute Gasteiger partial charge is 0.312 e. The number of ether oxygens (including phenoxy) is 1. The number of para-hydroxylation sites is 1. The second kappa shape index (κ2) is 7.03. The van der Waals surface area contributed by atoms with Crippen molar-refractivity contribution < 1.29 is 18.8 Å². The van der Waals surface area contributed by atoms with Crippen molar-refractivity contribution in [2.75, 3.05) is 6.61 Å². The van der Waals surface area contributed by atoms with E-state index in [4.69, 9.17) is 9.26 Å². The largest absolute Gasteiger partial charge is 0.455 e. The van der Waals surface area contributed by atoms with E-state index in [0.717, 1.165) is 24.6 Å². The van der Waals surface area contributed by atoms with Crippen LogP contribution in [-0.2, 0) is 20.7 Å². The number of hydrogen-bond acceptors (Lipinski definition) is 5. The van der Waals surface area contributed by atoms with Crippen molar-refractivity contribution in [3.05, 3.63) is 30.0 Å². The predicted molar refractivity (Wildman–Crippen MR) is 88.3 cm³/mol. The molecule has 128 valence electrons. The molecular formula is C18H22N2O4. The molecule has 0 radical (unpaired) electrons. The van der Waals surface area contributed by atoms with Gasteiger partial charge in [-0.15, -0.1) is 0 Å². The molecule has 0 bridgehead atoms. The molecular weight excluding hydrogens is 308 g/mol. The molecule has 2 atom stereocenters. The van der Waals surface area contributed by atoms with Gasteiger partial charge in [0.2, 0.25) is 0 Å². The summed E-state index contributed by atoms with van der Waals surface area (Å²) < 4.78 is 10.3. The Kier molecular flexibility index (Phi) is 4.83. The monoisotopic (exact) mass is 330 g/mol. The lowest BCUT2D eigenvalue weighted by Gasteiger charge is -2.38. The maximum Gasteiger partial charge on any atom is 0.312 e. The first-order chi connectivity index (χ1) is 11.6. The lowest BCUT2D eigenvalue weighted by Crippen LogP contribution is -2.49. The van der Waals surface area contributed by atoms with Crippen LogP contribution in [0.15, 0.2) is 28.8 Å². The van der Waals surface area contributed by atoms with Crippen LogP contribution in [-0.4, -0.2) is 40.6 Å². The van der Waals surface area contributed by atoms with Crippen LogP contribution in [0.5, 0.6) is 0 Å². The highest BCUT2D eigenvalue weighted by molar-refractivity contribution is 5.85. The molecule has 2 aromatic rings. The fraction of sp³-hybridized carbons (Fsp3) is 0.500. The van der Waals surface area contributed by atoms with E-state index in [9.17, 15) is 9.59 Å². The van der Waals surface area contributed by atoms with Gasteiger partial charge in [-0.1, -0.05) is 17.3 Å². The van der Waals surface area contributed by atoms with Crippen LogP contribution >= 0.6 is 0 Å². The molecule has 3 rings (SSSR count). The molecule has 0 unspecified atom stereocenters. The van der Waals surface area contributed by atoms with Gasteiger partial charge in [-0.25, -0.2) is 0 Å². The molecule has 0 spiro atoms. The Morgan fingerprint density at radius 3 is 2.71 bits per heavy atom. The van der Waals surface area contributed by atoms with Crippen molar-refractivity contribution in [1.29, 1.82) is 0 Å². The average molecular weight is 330 g/mol. The lowest BCUT2D eigenvalue weighted by atomic mass is 9.97. The third-order valence-corrected chi connectivity index (χ3v) is 4.60. The minimum atomic E-state index is -0.472. The fourth-order valence-corrected chi connectivity index (χ4v) is 3.38. The summed E-state index contributed by atoms with van der Waals surface area (Å²) in [5.74, 6) is -0.604. The average Bonchev–Trinajstić information content (AvgIpc) is 2.96. The number of esters is 1. The van der Waals surface area contributed by atoms with Crippen molar-refractivity contribution in [3.8, 4) is 0 Å². The van der Waals surface area contributed by atoms with Crippen molar-refractivity contribution >= 4 is 22.8 Å². The number of carbonyl (C=O) groups is 2. The Morgan fingerprint density at radius 2 is 1.96 bits per heavy atom. The number of hydrogen-bond donors (Lipinski definition) is 0. The number of rotatable bonds is 4. The number of nitrogens with zero attached hydrogens (tertiary/aromatic N) is 2. The summed E-state index contributed by atoms with van der Waals surface area (Å²) in [6.45, 7) is 3.86. The van der Waals surface area contributed by atoms with Crippen molar-refractivity contribution in [2.45, 2.75) is 51.6 Å². The number of benzene rings is 1. The van der Waals surface area contributed by atoms with Crippen molar-refractivity contribution in [2.24, 2.45) is 0 Å². The summed E-state index contributed by atoms with van der Waals surface area (Å²) in [7, 11) is 0. The van der Waals surface area contributed by atoms with Crippen LogP contribution in [0.25, 0.3) is 11.0 Å². The van der Waals surface area contributed by atoms with Gasteiger partial charge in [0.25, 0.3) is 5.91 Å². The number of piperidine rings is 1. The number of amides is 1. The lowest BCUT2D eigenvalue weighted by molar-refractivity contribution is -0.154. The van der Waals surface area contributed by atoms with Crippen LogP contribution < -0.4 is 0 Å². The van der Waals surface area contributed by atoms with E-state index in [-0.39, 0.29) is 31.0 Å². The second-order valence-electron chi connectivity index (χ2n) is 6.39. The topological polar surface area (TPSA) is 72.6 Å². The zero-order valence-corrected chi connectivity index (χ0v) is 14.0. The summed E-state index contributed by atoms with van der Waals surface area (Å²) in [5.41, 5.74) is 1.16. The van der Waals surface area contributed by atoms with Gasteiger partial charge in [0.05, 0.1) is 6.42 Å². The standard InChI is InChI=1S/C18H22N2O4/c1-12-6-5-7-13(2)20(12)17(21)11-23-18(22)10-15-14-8-3-4-9-16(14)24-19-15/h3-4,8-9,12-13H,5-7,10-11H2,1-2H3/t12-,13-/m1/s1. The SMILES string of the molecule is C[C@@H]1CCC[C@@H](C)N1C(=O)COC(=O)Cc1noc2ccccc12. The molecule has 1 saturated heterocycles. The first kappa shape index (κ1) is 16.5. The van der Waals surface area contributed by atoms with Gasteiger partial charge in [-0.05, 0) is 45.2 Å². The van der Waals surface area contributed by atoms with E-state index in [1.165, 1.54) is 0 Å². The minimum Gasteiger partial charge on any atom is -0.455 e. The Bertz CT molecular complexity index is 729. The van der Waals surface area contributed by atoms with Crippen LogP contribution in [0.1, 0.15) is 38.8 Å². The van der Waals surface area contributed by atoms with Crippen LogP contribution in [0.4, 0.5) is 0 Å². The molecule has 1 aliphatic heterocycles. The second-order valence-corrected chi connectivity index (χ2v) is 6.39. The van der Waals surface area contributed by atoms with Crippen LogP contribution in [0.2, 0.25) is 0 Å². The van der Waals surface area contributed by atoms with E-state index in [0.29, 0.717) is 11.3 Å². The highest BCUT2D eigenvalue weighted by Crippen LogP contribution is 2.22. The number of fused-ring (bicyclic) bond motifs is 1. The molecule has 1 fully saturated rings. The third kappa shape index (κ3) is 3.42. The summed E-state index contributed by atoms with van der Waals surface area (Å²) in [5, 5.41) is 4.70. The fourth-order valence-electron chi connectivity index (χ4n) is 3.38. The van der Waals surface area contributed by atoms with Gasteiger partial charge in [0.15, 0.2) is 12.2 Å². The van der Waals surface area contributed by atoms with Crippen LogP contribution in [0, 0.1) is 0 Å². The molecule has 6 nitrogen and oxygen atoms in total. The molecule has 0 aliphatic carbocycles. The molecule has 6 heteroatoms. The molecule has 1 amide bonds. The van der Waals surface area contributed by atoms with Crippen molar-refractivity contribution in [3.63, 3.8) is 0 Å². The minimum absolute atomic E-state index is 0.00456. The first-order valence-electron chi connectivity index (χ1n) is 8.36. The summed E-state index contributed by atoms with van der Waals surface area (Å²) in [6.07, 6.45) is 3.12. The highest BCUT2D eigenvalue weighted by Gasteiger charge is 2.29. The third-order valence-electron chi connectivity index (χ3n) is 4.60. The Labute approximate surface area is 140 Å². The molecule has 0 N–H and O–H groups in total. The van der Waals surface area contributed by atoms with Gasteiger partial charge in [-0.2, -0.15) is 0 Å². The molecule has 2 heterocycles. The van der Waals surface area contributed by atoms with Crippen molar-refractivity contribution in [1.82, 2.24) is 10.1 Å². The van der Waals surface area contributed by atoms with Gasteiger partial charge < -0.3 is 14.2 Å². The van der Waals surface area contributed by atoms with E-state index < -0.39 is 5.97 Å². The molecule has 1 aromatic heterocycles. The predicted octanol–water partition coefficient (Wildman–Crippen LogP) is 2.70. The molecule has 1 aliphatic rings. The molecule has 1 aromatic carbocycles. The van der Waals surface area contributed by atoms with E-state index in [1.807, 2.05) is 36.9 Å². The zero-order valence-electron chi connectivity index (χ0n) is 14.0. The van der Waals surface area contributed by atoms with Gasteiger partial charge >= 0.3 is 5.97 Å². The maximum absolute atomic E-state index is 12.4. The van der Waals surface area contributed by atoms with Crippen LogP contribution in [0.3, 0.4) is 0 Å². The number of likely N-dealkylation sites (tertiary alicyclic amines) is 1. The van der Waals surface area contributed by atoms with Gasteiger partial charge in [0, 0.05) is 17.5 Å². The Balaban J connectivity index is 1.56. The first-order valence-corrected chi connectivity index (χ1v) is 8.36. The number of aromatic nitrogens is 1. The number of carbonyl (C=O) groups excluding carboxylic acids is 2. The van der Waals surface area contributed by atoms with E-state index in [2.05, 4.69) is 5.16 Å². The Hall–Kier alpha value is -2.37. The van der Waals surface area contributed by atoms with E-state index >= 15 is 0 Å². The van der Waals surface area contributed by atoms with Gasteiger partial charge in [-0.3, -0.25) is 9.59 Å². The quantitative estimate of drug-likeness (QED) is 0.806. The molecule has 24 heavy (non-hydrogen) atoms. The van der Waals surface area contributed by atoms with E-state index in [1.54, 1.807) is 6.07 Å². The summed E-state index contributed by atoms with van der Waals surface area (Å²) in [4.78, 5) is 26.2. The molecule has 0 saturated carbocycles. The highest BCUT2D eigenvalue weighted by atomic mass is 16.5. The summed E-state index contributed by atoms with van der Waals surface area (Å²) in [6, 6.07) is 7.72. The normalized spacial score (nSPS) is 21.0. The zero-order chi connectivity index (χ0) is 17.1.